The Labute approximate surface area is 96.3 Å². The van der Waals surface area contributed by atoms with E-state index in [1.165, 1.54) is 5.56 Å². The van der Waals surface area contributed by atoms with Gasteiger partial charge in [-0.15, -0.1) is 0 Å². The lowest BCUT2D eigenvalue weighted by atomic mass is 9.72. The van der Waals surface area contributed by atoms with Crippen molar-refractivity contribution in [2.75, 3.05) is 0 Å². The van der Waals surface area contributed by atoms with Gasteiger partial charge in [0.2, 0.25) is 0 Å². The molecule has 1 aromatic carbocycles. The summed E-state index contributed by atoms with van der Waals surface area (Å²) in [5.74, 6) is 0.225. The average molecular weight is 218 g/mol. The Bertz CT molecular complexity index is 358. The molecule has 86 valence electrons. The highest BCUT2D eigenvalue weighted by atomic mass is 16.4. The van der Waals surface area contributed by atoms with Crippen LogP contribution in [-0.2, 0) is 4.79 Å². The summed E-state index contributed by atoms with van der Waals surface area (Å²) in [7, 11) is 0. The van der Waals surface area contributed by atoms with Gasteiger partial charge in [-0.05, 0) is 36.7 Å². The number of benzene rings is 1. The third-order valence-electron chi connectivity index (χ3n) is 3.77. The van der Waals surface area contributed by atoms with Gasteiger partial charge in [0, 0.05) is 0 Å². The van der Waals surface area contributed by atoms with Gasteiger partial charge in [-0.1, -0.05) is 37.3 Å². The Kier molecular flexibility index (Phi) is 3.28. The van der Waals surface area contributed by atoms with E-state index >= 15 is 0 Å². The Morgan fingerprint density at radius 2 is 1.94 bits per heavy atom. The molecule has 1 aliphatic carbocycles. The molecule has 3 atom stereocenters. The summed E-state index contributed by atoms with van der Waals surface area (Å²) in [5, 5.41) is 9.09. The van der Waals surface area contributed by atoms with Crippen LogP contribution in [0.4, 0.5) is 0 Å². The van der Waals surface area contributed by atoms with Crippen LogP contribution < -0.4 is 0 Å². The number of hydrogen-bond acceptors (Lipinski definition) is 1. The Morgan fingerprint density at radius 3 is 2.56 bits per heavy atom. The van der Waals surface area contributed by atoms with Crippen LogP contribution in [-0.4, -0.2) is 11.1 Å². The molecule has 1 saturated carbocycles. The summed E-state index contributed by atoms with van der Waals surface area (Å²) < 4.78 is 0. The molecule has 0 aliphatic heterocycles. The van der Waals surface area contributed by atoms with Gasteiger partial charge in [-0.3, -0.25) is 4.79 Å². The zero-order valence-electron chi connectivity index (χ0n) is 9.60. The second-order valence-corrected chi connectivity index (χ2v) is 4.84. The summed E-state index contributed by atoms with van der Waals surface area (Å²) >= 11 is 0. The average Bonchev–Trinajstić information content (AvgIpc) is 2.30. The SMILES string of the molecule is C[C@@H]1CC[C@@H](C(=O)O)C[C@@H]1c1ccccc1. The second kappa shape index (κ2) is 4.69. The summed E-state index contributed by atoms with van der Waals surface area (Å²) in [4.78, 5) is 11.0. The van der Waals surface area contributed by atoms with Crippen LogP contribution in [0.2, 0.25) is 0 Å². The summed E-state index contributed by atoms with van der Waals surface area (Å²) in [5.41, 5.74) is 1.29. The van der Waals surface area contributed by atoms with Gasteiger partial charge in [0.25, 0.3) is 0 Å². The molecule has 0 saturated heterocycles. The predicted octanol–water partition coefficient (Wildman–Crippen LogP) is 3.29. The van der Waals surface area contributed by atoms with Crippen LogP contribution in [0, 0.1) is 11.8 Å². The van der Waals surface area contributed by atoms with E-state index < -0.39 is 5.97 Å². The number of hydrogen-bond donors (Lipinski definition) is 1. The Hall–Kier alpha value is -1.31. The topological polar surface area (TPSA) is 37.3 Å². The lowest BCUT2D eigenvalue weighted by molar-refractivity contribution is -0.143. The monoisotopic (exact) mass is 218 g/mol. The molecule has 0 amide bonds. The van der Waals surface area contributed by atoms with E-state index in [4.69, 9.17) is 5.11 Å². The zero-order chi connectivity index (χ0) is 11.5. The summed E-state index contributed by atoms with van der Waals surface area (Å²) in [6, 6.07) is 10.3. The van der Waals surface area contributed by atoms with Crippen molar-refractivity contribution in [1.29, 1.82) is 0 Å². The van der Waals surface area contributed by atoms with Crippen LogP contribution in [0.3, 0.4) is 0 Å². The van der Waals surface area contributed by atoms with Crippen molar-refractivity contribution in [3.8, 4) is 0 Å². The molecule has 2 nitrogen and oxygen atoms in total. The molecule has 0 unspecified atom stereocenters. The molecular weight excluding hydrogens is 200 g/mol. The summed E-state index contributed by atoms with van der Waals surface area (Å²) in [6.45, 7) is 2.23. The molecule has 1 fully saturated rings. The fourth-order valence-corrected chi connectivity index (χ4v) is 2.71. The van der Waals surface area contributed by atoms with Crippen molar-refractivity contribution in [2.45, 2.75) is 32.1 Å². The predicted molar refractivity (Wildman–Crippen MR) is 63.3 cm³/mol. The molecule has 2 heteroatoms. The minimum absolute atomic E-state index is 0.151. The molecule has 0 heterocycles. The number of carboxylic acid groups (broad SMARTS) is 1. The van der Waals surface area contributed by atoms with E-state index in [-0.39, 0.29) is 5.92 Å². The molecule has 1 aromatic rings. The molecule has 16 heavy (non-hydrogen) atoms. The Morgan fingerprint density at radius 1 is 1.25 bits per heavy atom. The van der Waals surface area contributed by atoms with Crippen molar-refractivity contribution >= 4 is 5.97 Å². The zero-order valence-corrected chi connectivity index (χ0v) is 9.60. The minimum atomic E-state index is -0.632. The molecule has 0 bridgehead atoms. The van der Waals surface area contributed by atoms with E-state index in [2.05, 4.69) is 19.1 Å². The van der Waals surface area contributed by atoms with E-state index in [1.54, 1.807) is 0 Å². The molecular formula is C14H18O2. The minimum Gasteiger partial charge on any atom is -0.481 e. The molecule has 2 rings (SSSR count). The molecule has 1 N–H and O–H groups in total. The number of carbonyl (C=O) groups is 1. The first-order valence-electron chi connectivity index (χ1n) is 5.96. The maximum atomic E-state index is 11.0. The Balaban J connectivity index is 2.16. The number of aliphatic carboxylic acids is 1. The third-order valence-corrected chi connectivity index (χ3v) is 3.77. The molecule has 0 spiro atoms. The maximum absolute atomic E-state index is 11.0. The standard InChI is InChI=1S/C14H18O2/c1-10-7-8-12(14(15)16)9-13(10)11-5-3-2-4-6-11/h2-6,10,12-13H,7-9H2,1H3,(H,15,16)/t10-,12-,13+/m1/s1. The van der Waals surface area contributed by atoms with Crippen LogP contribution in [0.5, 0.6) is 0 Å². The van der Waals surface area contributed by atoms with Gasteiger partial charge in [-0.2, -0.15) is 0 Å². The molecule has 1 aliphatic rings. The first-order chi connectivity index (χ1) is 7.68. The summed E-state index contributed by atoms with van der Waals surface area (Å²) in [6.07, 6.45) is 2.65. The quantitative estimate of drug-likeness (QED) is 0.827. The van der Waals surface area contributed by atoms with Crippen LogP contribution in [0.1, 0.15) is 37.7 Å². The van der Waals surface area contributed by atoms with E-state index in [0.29, 0.717) is 11.8 Å². The highest BCUT2D eigenvalue weighted by Crippen LogP contribution is 2.40. The lowest BCUT2D eigenvalue weighted by Crippen LogP contribution is -2.26. The van der Waals surface area contributed by atoms with Crippen LogP contribution >= 0.6 is 0 Å². The lowest BCUT2D eigenvalue weighted by Gasteiger charge is -2.32. The van der Waals surface area contributed by atoms with Crippen molar-refractivity contribution in [1.82, 2.24) is 0 Å². The number of rotatable bonds is 2. The van der Waals surface area contributed by atoms with Crippen LogP contribution in [0.15, 0.2) is 30.3 Å². The smallest absolute Gasteiger partial charge is 0.306 e. The van der Waals surface area contributed by atoms with Gasteiger partial charge in [0.05, 0.1) is 5.92 Å². The van der Waals surface area contributed by atoms with Crippen molar-refractivity contribution in [2.24, 2.45) is 11.8 Å². The van der Waals surface area contributed by atoms with Gasteiger partial charge in [0.15, 0.2) is 0 Å². The molecule has 0 aromatic heterocycles. The fraction of sp³-hybridized carbons (Fsp3) is 0.500. The third kappa shape index (κ3) is 2.26. The van der Waals surface area contributed by atoms with E-state index in [1.807, 2.05) is 18.2 Å². The first kappa shape index (κ1) is 11.2. The van der Waals surface area contributed by atoms with Crippen molar-refractivity contribution in [3.63, 3.8) is 0 Å². The van der Waals surface area contributed by atoms with Crippen LogP contribution in [0.25, 0.3) is 0 Å². The molecule has 0 radical (unpaired) electrons. The van der Waals surface area contributed by atoms with Gasteiger partial charge in [-0.25, -0.2) is 0 Å². The highest BCUT2D eigenvalue weighted by molar-refractivity contribution is 5.70. The van der Waals surface area contributed by atoms with Gasteiger partial charge >= 0.3 is 5.97 Å². The highest BCUT2D eigenvalue weighted by Gasteiger charge is 2.32. The number of carboxylic acids is 1. The fourth-order valence-electron chi connectivity index (χ4n) is 2.71. The maximum Gasteiger partial charge on any atom is 0.306 e. The van der Waals surface area contributed by atoms with Gasteiger partial charge in [0.1, 0.15) is 0 Å². The second-order valence-electron chi connectivity index (χ2n) is 4.84. The van der Waals surface area contributed by atoms with Crippen molar-refractivity contribution in [3.05, 3.63) is 35.9 Å². The van der Waals surface area contributed by atoms with Crippen molar-refractivity contribution < 1.29 is 9.90 Å². The van der Waals surface area contributed by atoms with Gasteiger partial charge < -0.3 is 5.11 Å². The van der Waals surface area contributed by atoms with E-state index in [0.717, 1.165) is 19.3 Å². The first-order valence-corrected chi connectivity index (χ1v) is 5.96. The normalized spacial score (nSPS) is 29.9. The largest absolute Gasteiger partial charge is 0.481 e. The van der Waals surface area contributed by atoms with E-state index in [9.17, 15) is 4.79 Å².